The maximum absolute atomic E-state index is 12.5. The lowest BCUT2D eigenvalue weighted by molar-refractivity contribution is -0.137. The van der Waals surface area contributed by atoms with E-state index in [0.29, 0.717) is 5.92 Å². The van der Waals surface area contributed by atoms with E-state index in [1.54, 1.807) is 0 Å². The Hall–Kier alpha value is -1.23. The summed E-state index contributed by atoms with van der Waals surface area (Å²) >= 11 is 0. The number of anilines is 1. The maximum atomic E-state index is 12.5. The highest BCUT2D eigenvalue weighted by atomic mass is 19.4. The smallest absolute Gasteiger partial charge is 0.398 e. The number of alkyl halides is 3. The van der Waals surface area contributed by atoms with Crippen LogP contribution in [0.5, 0.6) is 0 Å². The first kappa shape index (κ1) is 14.2. The third-order valence-electron chi connectivity index (χ3n) is 3.69. The molecule has 1 unspecified atom stereocenters. The summed E-state index contributed by atoms with van der Waals surface area (Å²) in [6.45, 7) is 2.07. The Morgan fingerprint density at radius 2 is 2.11 bits per heavy atom. The molecule has 0 radical (unpaired) electrons. The highest BCUT2D eigenvalue weighted by Crippen LogP contribution is 2.32. The number of benzene rings is 1. The average molecular weight is 272 g/mol. The number of piperidine rings is 1. The van der Waals surface area contributed by atoms with Crippen LogP contribution in [-0.2, 0) is 12.6 Å². The Bertz CT molecular complexity index is 423. The molecule has 1 aromatic rings. The van der Waals surface area contributed by atoms with E-state index in [1.807, 2.05) is 0 Å². The Balaban J connectivity index is 1.97. The van der Waals surface area contributed by atoms with Crippen LogP contribution in [0.3, 0.4) is 0 Å². The van der Waals surface area contributed by atoms with Crippen LogP contribution in [0.2, 0.25) is 0 Å². The molecular weight excluding hydrogens is 253 g/mol. The van der Waals surface area contributed by atoms with E-state index in [1.165, 1.54) is 18.9 Å². The van der Waals surface area contributed by atoms with Crippen molar-refractivity contribution in [2.75, 3.05) is 18.8 Å². The van der Waals surface area contributed by atoms with E-state index in [0.717, 1.165) is 43.6 Å². The number of nitrogen functional groups attached to an aromatic ring is 1. The summed E-state index contributed by atoms with van der Waals surface area (Å²) in [6, 6.07) is 3.66. The lowest BCUT2D eigenvalue weighted by atomic mass is 9.92. The van der Waals surface area contributed by atoms with E-state index < -0.39 is 11.7 Å². The van der Waals surface area contributed by atoms with Crippen molar-refractivity contribution in [2.45, 2.75) is 31.9 Å². The topological polar surface area (TPSA) is 38.0 Å². The van der Waals surface area contributed by atoms with Crippen molar-refractivity contribution in [1.82, 2.24) is 5.32 Å². The van der Waals surface area contributed by atoms with Gasteiger partial charge in [-0.25, -0.2) is 0 Å². The van der Waals surface area contributed by atoms with Crippen molar-refractivity contribution in [3.05, 3.63) is 29.3 Å². The van der Waals surface area contributed by atoms with Crippen molar-refractivity contribution in [1.29, 1.82) is 0 Å². The molecule has 0 aromatic heterocycles. The van der Waals surface area contributed by atoms with Crippen molar-refractivity contribution >= 4 is 5.69 Å². The monoisotopic (exact) mass is 272 g/mol. The standard InChI is InChI=1S/C14H19F3N2/c15-14(16,17)12-6-5-11(13(18)8-12)4-3-10-2-1-7-19-9-10/h5-6,8,10,19H,1-4,7,9,18H2. The molecule has 5 heteroatoms. The second-order valence-electron chi connectivity index (χ2n) is 5.16. The van der Waals surface area contributed by atoms with Gasteiger partial charge in [-0.2, -0.15) is 13.2 Å². The predicted molar refractivity (Wildman–Crippen MR) is 69.8 cm³/mol. The first-order chi connectivity index (χ1) is 8.97. The van der Waals surface area contributed by atoms with Crippen molar-refractivity contribution in [3.63, 3.8) is 0 Å². The summed E-state index contributed by atoms with van der Waals surface area (Å²) in [5.74, 6) is 0.607. The lowest BCUT2D eigenvalue weighted by Gasteiger charge is -2.22. The largest absolute Gasteiger partial charge is 0.416 e. The Kier molecular flexibility index (Phi) is 4.34. The number of hydrogen-bond donors (Lipinski definition) is 2. The SMILES string of the molecule is Nc1cc(C(F)(F)F)ccc1CCC1CCCNC1. The zero-order valence-electron chi connectivity index (χ0n) is 10.8. The summed E-state index contributed by atoms with van der Waals surface area (Å²) in [5, 5.41) is 3.33. The molecule has 3 N–H and O–H groups in total. The third-order valence-corrected chi connectivity index (χ3v) is 3.69. The summed E-state index contributed by atoms with van der Waals surface area (Å²) < 4.78 is 37.5. The van der Waals surface area contributed by atoms with Crippen LogP contribution in [0.4, 0.5) is 18.9 Å². The molecule has 1 fully saturated rings. The molecule has 1 atom stereocenters. The van der Waals surface area contributed by atoms with Gasteiger partial charge in [0.25, 0.3) is 0 Å². The van der Waals surface area contributed by atoms with Gasteiger partial charge < -0.3 is 11.1 Å². The minimum atomic E-state index is -4.32. The molecule has 1 aliphatic rings. The second kappa shape index (κ2) is 5.82. The van der Waals surface area contributed by atoms with Crippen LogP contribution in [0, 0.1) is 5.92 Å². The molecule has 0 aliphatic carbocycles. The minimum Gasteiger partial charge on any atom is -0.398 e. The normalized spacial score (nSPS) is 20.5. The summed E-state index contributed by atoms with van der Waals surface area (Å²) in [7, 11) is 0. The first-order valence-electron chi connectivity index (χ1n) is 6.63. The number of aryl methyl sites for hydroxylation is 1. The van der Waals surface area contributed by atoms with E-state index >= 15 is 0 Å². The Morgan fingerprint density at radius 1 is 1.32 bits per heavy atom. The summed E-state index contributed by atoms with van der Waals surface area (Å²) in [6.07, 6.45) is -0.237. The maximum Gasteiger partial charge on any atom is 0.416 e. The molecular formula is C14H19F3N2. The fourth-order valence-corrected chi connectivity index (χ4v) is 2.53. The highest BCUT2D eigenvalue weighted by Gasteiger charge is 2.30. The molecule has 1 aliphatic heterocycles. The van der Waals surface area contributed by atoms with Crippen LogP contribution in [0.15, 0.2) is 18.2 Å². The molecule has 1 aromatic carbocycles. The van der Waals surface area contributed by atoms with Gasteiger partial charge in [0.15, 0.2) is 0 Å². The van der Waals surface area contributed by atoms with E-state index in [-0.39, 0.29) is 5.69 Å². The van der Waals surface area contributed by atoms with Gasteiger partial charge in [-0.05, 0) is 62.4 Å². The molecule has 0 spiro atoms. The van der Waals surface area contributed by atoms with E-state index in [2.05, 4.69) is 5.32 Å². The Morgan fingerprint density at radius 3 is 2.68 bits per heavy atom. The number of hydrogen-bond acceptors (Lipinski definition) is 2. The third kappa shape index (κ3) is 3.86. The lowest BCUT2D eigenvalue weighted by Crippen LogP contribution is -2.29. The van der Waals surface area contributed by atoms with E-state index in [9.17, 15) is 13.2 Å². The molecule has 19 heavy (non-hydrogen) atoms. The van der Waals surface area contributed by atoms with Crippen LogP contribution >= 0.6 is 0 Å². The van der Waals surface area contributed by atoms with Gasteiger partial charge in [-0.15, -0.1) is 0 Å². The van der Waals surface area contributed by atoms with Crippen LogP contribution in [-0.4, -0.2) is 13.1 Å². The molecule has 1 heterocycles. The van der Waals surface area contributed by atoms with Crippen molar-refractivity contribution in [2.24, 2.45) is 5.92 Å². The Labute approximate surface area is 111 Å². The van der Waals surface area contributed by atoms with Crippen molar-refractivity contribution < 1.29 is 13.2 Å². The molecule has 106 valence electrons. The fourth-order valence-electron chi connectivity index (χ4n) is 2.53. The van der Waals surface area contributed by atoms with Crippen LogP contribution in [0.25, 0.3) is 0 Å². The van der Waals surface area contributed by atoms with Gasteiger partial charge >= 0.3 is 6.18 Å². The number of halogens is 3. The van der Waals surface area contributed by atoms with Crippen LogP contribution in [0.1, 0.15) is 30.4 Å². The van der Waals surface area contributed by atoms with Crippen molar-refractivity contribution in [3.8, 4) is 0 Å². The number of nitrogens with two attached hydrogens (primary N) is 1. The quantitative estimate of drug-likeness (QED) is 0.829. The zero-order valence-corrected chi connectivity index (χ0v) is 10.8. The first-order valence-corrected chi connectivity index (χ1v) is 6.63. The molecule has 0 bridgehead atoms. The number of rotatable bonds is 3. The van der Waals surface area contributed by atoms with Gasteiger partial charge in [-0.1, -0.05) is 6.07 Å². The van der Waals surface area contributed by atoms with Crippen LogP contribution < -0.4 is 11.1 Å². The fraction of sp³-hybridized carbons (Fsp3) is 0.571. The van der Waals surface area contributed by atoms with Gasteiger partial charge in [0.05, 0.1) is 5.56 Å². The average Bonchev–Trinajstić information content (AvgIpc) is 2.37. The highest BCUT2D eigenvalue weighted by molar-refractivity contribution is 5.49. The summed E-state index contributed by atoms with van der Waals surface area (Å²) in [4.78, 5) is 0. The summed E-state index contributed by atoms with van der Waals surface area (Å²) in [5.41, 5.74) is 6.11. The zero-order chi connectivity index (χ0) is 13.9. The molecule has 2 nitrogen and oxygen atoms in total. The number of nitrogens with one attached hydrogen (secondary N) is 1. The van der Waals surface area contributed by atoms with Gasteiger partial charge in [-0.3, -0.25) is 0 Å². The molecule has 0 amide bonds. The minimum absolute atomic E-state index is 0.249. The van der Waals surface area contributed by atoms with E-state index in [4.69, 9.17) is 5.73 Å². The molecule has 0 saturated carbocycles. The van der Waals surface area contributed by atoms with Gasteiger partial charge in [0, 0.05) is 5.69 Å². The molecule has 2 rings (SSSR count). The predicted octanol–water partition coefficient (Wildman–Crippen LogP) is 3.22. The van der Waals surface area contributed by atoms with Gasteiger partial charge in [0.1, 0.15) is 0 Å². The molecule has 1 saturated heterocycles. The van der Waals surface area contributed by atoms with Gasteiger partial charge in [0.2, 0.25) is 0 Å². The second-order valence-corrected chi connectivity index (χ2v) is 5.16.